The molecule has 0 fully saturated rings. The molecule has 7 heterocycles. The van der Waals surface area contributed by atoms with Crippen LogP contribution in [0.4, 0.5) is 0 Å². The number of thiophene rings is 1. The van der Waals surface area contributed by atoms with Crippen molar-refractivity contribution in [2.75, 3.05) is 0 Å². The summed E-state index contributed by atoms with van der Waals surface area (Å²) in [7, 11) is 0. The average Bonchev–Trinajstić information content (AvgIpc) is 4.38. The van der Waals surface area contributed by atoms with E-state index in [9.17, 15) is 0 Å². The number of nitrogens with zero attached hydrogens (tertiary/aromatic N) is 4. The Morgan fingerprint density at radius 1 is 0.385 bits per heavy atom. The Labute approximate surface area is 538 Å². The van der Waals surface area contributed by atoms with E-state index in [4.69, 9.17) is 4.74 Å². The van der Waals surface area contributed by atoms with Crippen LogP contribution in [0.5, 0.6) is 0 Å². The molecule has 2 atom stereocenters. The summed E-state index contributed by atoms with van der Waals surface area (Å²) in [6.45, 7) is 0. The molecule has 2 aliphatic rings. The third kappa shape index (κ3) is 24.2. The molecule has 10 heteroatoms. The topological polar surface area (TPSA) is 73.9 Å². The molecule has 78 heavy (non-hydrogen) atoms. The van der Waals surface area contributed by atoms with Crippen LogP contribution in [0.3, 0.4) is 0 Å². The first-order valence-electron chi connectivity index (χ1n) is 24.3. The van der Waals surface area contributed by atoms with E-state index in [1.54, 1.807) is 29.9 Å². The molecule has 0 saturated carbocycles. The molecule has 377 valence electrons. The third-order valence-corrected chi connectivity index (χ3v) is 11.4. The van der Waals surface area contributed by atoms with Gasteiger partial charge in [0.1, 0.15) is 6.10 Å². The number of fused-ring (bicyclic) bond motifs is 6. The Kier molecular flexibility index (Phi) is 33.0. The molecular formula is C68H55N4O2SY3-3. The molecule has 0 saturated heterocycles. The Hall–Kier alpha value is -6.25. The van der Waals surface area contributed by atoms with E-state index in [1.807, 2.05) is 175 Å². The number of hydrogen-bond donors (Lipinski definition) is 0. The monoisotopic (exact) mass is 1260 g/mol. The molecule has 0 amide bonds. The van der Waals surface area contributed by atoms with Crippen LogP contribution in [-0.4, -0.2) is 26.0 Å². The van der Waals surface area contributed by atoms with Crippen LogP contribution in [0, 0.1) is 24.1 Å². The molecule has 1 aliphatic carbocycles. The van der Waals surface area contributed by atoms with Crippen molar-refractivity contribution in [3.8, 4) is 0 Å². The van der Waals surface area contributed by atoms with Gasteiger partial charge >= 0.3 is 0 Å². The first-order valence-corrected chi connectivity index (χ1v) is 25.2. The SMILES string of the molecule is C1=CC2C=COC2C=C1.[Y].[Y].[Y].[c-]1ccccc1.[c-]1ccoc1.[c-]1ccsc1.c1ccc2ccccc2c1.c1ccc2cnccc2c1.c1ccc2cnccc2c1.c1ccc2ncccc2c1.c1ccc2ncccc2c1. The summed E-state index contributed by atoms with van der Waals surface area (Å²) in [6.07, 6.45) is 26.5. The van der Waals surface area contributed by atoms with Gasteiger partial charge in [-0.1, -0.05) is 170 Å². The molecule has 7 aromatic carbocycles. The molecule has 1 aliphatic heterocycles. The van der Waals surface area contributed by atoms with Crippen molar-refractivity contribution in [2.24, 2.45) is 5.92 Å². The second kappa shape index (κ2) is 40.0. The number of rotatable bonds is 0. The molecule has 2 unspecified atom stereocenters. The zero-order valence-electron chi connectivity index (χ0n) is 43.0. The van der Waals surface area contributed by atoms with E-state index < -0.39 is 0 Å². The van der Waals surface area contributed by atoms with Crippen LogP contribution in [0.25, 0.3) is 54.1 Å². The number of para-hydroxylation sites is 2. The van der Waals surface area contributed by atoms with E-state index in [-0.39, 0.29) is 104 Å². The van der Waals surface area contributed by atoms with Crippen LogP contribution >= 0.6 is 11.3 Å². The fourth-order valence-corrected chi connectivity index (χ4v) is 7.49. The fraction of sp³-hybridized carbons (Fsp3) is 0.0294. The van der Waals surface area contributed by atoms with Crippen molar-refractivity contribution >= 4 is 65.5 Å². The quantitative estimate of drug-likeness (QED) is 0.141. The van der Waals surface area contributed by atoms with Crippen molar-refractivity contribution in [2.45, 2.75) is 6.10 Å². The van der Waals surface area contributed by atoms with Crippen LogP contribution < -0.4 is 0 Å². The van der Waals surface area contributed by atoms with Gasteiger partial charge in [-0.2, -0.15) is 47.8 Å². The van der Waals surface area contributed by atoms with Gasteiger partial charge in [0, 0.05) is 152 Å². The number of aromatic nitrogens is 4. The normalized spacial score (nSPS) is 12.3. The van der Waals surface area contributed by atoms with Gasteiger partial charge in [0.25, 0.3) is 0 Å². The van der Waals surface area contributed by atoms with E-state index in [1.165, 1.54) is 49.4 Å². The van der Waals surface area contributed by atoms with Gasteiger partial charge in [-0.25, -0.2) is 18.2 Å². The molecule has 13 aromatic rings. The molecule has 6 nitrogen and oxygen atoms in total. The summed E-state index contributed by atoms with van der Waals surface area (Å²) in [5.74, 6) is 0.495. The third-order valence-electron chi connectivity index (χ3n) is 10.8. The summed E-state index contributed by atoms with van der Waals surface area (Å²) in [5.41, 5.74) is 2.12. The maximum Gasteiger partial charge on any atom is 0.126 e. The number of furan rings is 1. The van der Waals surface area contributed by atoms with Gasteiger partial charge in [0.2, 0.25) is 0 Å². The predicted octanol–water partition coefficient (Wildman–Crippen LogP) is 17.5. The van der Waals surface area contributed by atoms with Crippen LogP contribution in [0.2, 0.25) is 0 Å². The molecule has 0 bridgehead atoms. The minimum atomic E-state index is 0. The Morgan fingerprint density at radius 2 is 0.846 bits per heavy atom. The van der Waals surface area contributed by atoms with Gasteiger partial charge in [-0.15, -0.1) is 5.38 Å². The molecule has 6 aromatic heterocycles. The molecule has 0 N–H and O–H groups in total. The average molecular weight is 1260 g/mol. The Balaban J connectivity index is 0.000000190. The van der Waals surface area contributed by atoms with Crippen molar-refractivity contribution in [1.82, 2.24) is 19.9 Å². The fourth-order valence-electron chi connectivity index (χ4n) is 7.09. The largest absolute Gasteiger partial charge is 0.576 e. The number of allylic oxidation sites excluding steroid dienone is 2. The smallest absolute Gasteiger partial charge is 0.126 e. The van der Waals surface area contributed by atoms with Crippen LogP contribution in [0.1, 0.15) is 0 Å². The Bertz CT molecular complexity index is 2830. The second-order valence-electron chi connectivity index (χ2n) is 16.0. The zero-order chi connectivity index (χ0) is 51.5. The first-order chi connectivity index (χ1) is 37.3. The van der Waals surface area contributed by atoms with E-state index in [0.717, 1.165) is 11.0 Å². The van der Waals surface area contributed by atoms with Gasteiger partial charge in [-0.05, 0) is 87.1 Å². The maximum absolute atomic E-state index is 5.24. The van der Waals surface area contributed by atoms with Crippen LogP contribution in [-0.2, 0) is 103 Å². The molecule has 0 spiro atoms. The van der Waals surface area contributed by atoms with Gasteiger partial charge in [0.05, 0.1) is 17.3 Å². The number of ether oxygens (including phenoxy) is 1. The summed E-state index contributed by atoms with van der Waals surface area (Å²) in [5, 5.41) is 13.8. The van der Waals surface area contributed by atoms with E-state index in [2.05, 4.69) is 164 Å². The van der Waals surface area contributed by atoms with Crippen molar-refractivity contribution in [3.63, 3.8) is 0 Å². The number of pyridine rings is 4. The summed E-state index contributed by atoms with van der Waals surface area (Å²) < 4.78 is 9.77. The molecule has 3 radical (unpaired) electrons. The van der Waals surface area contributed by atoms with E-state index >= 15 is 0 Å². The minimum absolute atomic E-state index is 0. The predicted molar refractivity (Wildman–Crippen MR) is 313 cm³/mol. The second-order valence-corrected chi connectivity index (χ2v) is 16.8. The summed E-state index contributed by atoms with van der Waals surface area (Å²) in [4.78, 5) is 16.4. The number of benzene rings is 7. The van der Waals surface area contributed by atoms with Crippen molar-refractivity contribution < 1.29 is 107 Å². The van der Waals surface area contributed by atoms with Gasteiger partial charge < -0.3 is 9.15 Å². The van der Waals surface area contributed by atoms with Crippen LogP contribution in [0.15, 0.2) is 326 Å². The summed E-state index contributed by atoms with van der Waals surface area (Å²) in [6, 6.07) is 82.9. The van der Waals surface area contributed by atoms with Gasteiger partial charge in [-0.3, -0.25) is 31.3 Å². The van der Waals surface area contributed by atoms with Crippen molar-refractivity contribution in [3.05, 3.63) is 340 Å². The Morgan fingerprint density at radius 3 is 1.21 bits per heavy atom. The maximum atomic E-state index is 5.24. The molecule has 15 rings (SSSR count). The first kappa shape index (κ1) is 64.3. The van der Waals surface area contributed by atoms with Gasteiger partial charge in [0.15, 0.2) is 0 Å². The summed E-state index contributed by atoms with van der Waals surface area (Å²) >= 11 is 1.66. The number of hydrogen-bond acceptors (Lipinski definition) is 7. The van der Waals surface area contributed by atoms with E-state index in [0.29, 0.717) is 5.92 Å². The minimum Gasteiger partial charge on any atom is -0.576 e. The molecular weight excluding hydrogens is 1200 g/mol. The van der Waals surface area contributed by atoms with Crippen molar-refractivity contribution in [1.29, 1.82) is 0 Å². The zero-order valence-corrected chi connectivity index (χ0v) is 52.3. The standard InChI is InChI=1S/C10H8.4C9H7N.C8H8O.C6H5.C4H3O.C4H3S.3Y/c1-2-6-10-8-4-3-7-9(10)5-1;2*1-2-6-9-8(4-1)5-3-7-10-9;2*1-2-4-9-7-10-6-5-8(9)3-1;1-2-4-8-7(3-1)5-6-9-8;1-2-4-6-5-3-1;2*1-2-4-5-3-1;;;/h1-8H;4*1-7H;1-8H;1-5H;2*1,3-4H;;;/q;;;;;;3*-1;;;.